The maximum atomic E-state index is 13.2. The Morgan fingerprint density at radius 2 is 1.93 bits per heavy atom. The average Bonchev–Trinajstić information content (AvgIpc) is 2.66. The van der Waals surface area contributed by atoms with Crippen LogP contribution in [-0.4, -0.2) is 22.0 Å². The van der Waals surface area contributed by atoms with Crippen LogP contribution in [0.1, 0.15) is 45.6 Å². The summed E-state index contributed by atoms with van der Waals surface area (Å²) in [6.07, 6.45) is 2.26. The molecule has 0 radical (unpaired) electrons. The zero-order chi connectivity index (χ0) is 22.4. The fourth-order valence-corrected chi connectivity index (χ4v) is 3.37. The van der Waals surface area contributed by atoms with Crippen molar-refractivity contribution >= 4 is 40.6 Å². The number of unbranched alkanes of at least 4 members (excludes halogenated alkanes) is 1. The second-order valence-corrected chi connectivity index (χ2v) is 8.47. The van der Waals surface area contributed by atoms with Gasteiger partial charge in [0.1, 0.15) is 5.82 Å². The maximum absolute atomic E-state index is 13.2. The highest BCUT2D eigenvalue weighted by Gasteiger charge is 2.24. The highest BCUT2D eigenvalue weighted by Crippen LogP contribution is 2.24. The number of hydrogen-bond donors (Lipinski definition) is 2. The number of halogens is 2. The van der Waals surface area contributed by atoms with Gasteiger partial charge in [-0.15, -0.1) is 0 Å². The van der Waals surface area contributed by atoms with Gasteiger partial charge < -0.3 is 10.6 Å². The van der Waals surface area contributed by atoms with E-state index < -0.39 is 11.2 Å². The molecule has 9 heteroatoms. The number of nitrogens with one attached hydrogen (secondary N) is 1. The van der Waals surface area contributed by atoms with Crippen molar-refractivity contribution in [3.8, 4) is 0 Å². The van der Waals surface area contributed by atoms with Crippen LogP contribution in [0.15, 0.2) is 27.8 Å². The lowest BCUT2D eigenvalue weighted by Crippen LogP contribution is -2.42. The van der Waals surface area contributed by atoms with Crippen LogP contribution in [0.2, 0.25) is 10.0 Å². The molecule has 0 fully saturated rings. The summed E-state index contributed by atoms with van der Waals surface area (Å²) >= 11 is 12.0. The van der Waals surface area contributed by atoms with Crippen molar-refractivity contribution in [3.63, 3.8) is 0 Å². The molecule has 1 aromatic heterocycles. The Hall–Kier alpha value is -2.25. The zero-order valence-corrected chi connectivity index (χ0v) is 19.0. The number of amides is 1. The molecule has 0 unspecified atom stereocenters. The Morgan fingerprint density at radius 3 is 2.53 bits per heavy atom. The summed E-state index contributed by atoms with van der Waals surface area (Å²) in [6, 6.07) is 4.96. The Morgan fingerprint density at radius 1 is 1.23 bits per heavy atom. The van der Waals surface area contributed by atoms with Crippen LogP contribution in [0.25, 0.3) is 0 Å². The molecule has 0 aliphatic carbocycles. The SMILES string of the molecule is CCCCn1c(N)c(N(CCC(C)C)C(=O)Cc2ccc(Cl)c(Cl)c2)c(=O)[nH]c1=O. The number of hydrogen-bond acceptors (Lipinski definition) is 4. The summed E-state index contributed by atoms with van der Waals surface area (Å²) < 4.78 is 1.31. The second kappa shape index (κ2) is 10.7. The molecule has 0 saturated carbocycles. The summed E-state index contributed by atoms with van der Waals surface area (Å²) in [5.41, 5.74) is 5.65. The van der Waals surface area contributed by atoms with Gasteiger partial charge in [0.05, 0.1) is 16.5 Å². The van der Waals surface area contributed by atoms with Crippen LogP contribution in [0.4, 0.5) is 11.5 Å². The Bertz CT molecular complexity index is 1010. The number of aromatic amines is 1. The highest BCUT2D eigenvalue weighted by molar-refractivity contribution is 6.42. The molecule has 0 aliphatic heterocycles. The number of aromatic nitrogens is 2. The van der Waals surface area contributed by atoms with Crippen LogP contribution in [-0.2, 0) is 17.8 Å². The first-order chi connectivity index (χ1) is 14.1. The largest absolute Gasteiger partial charge is 0.383 e. The molecular weight excluding hydrogens is 427 g/mol. The van der Waals surface area contributed by atoms with E-state index in [1.807, 2.05) is 20.8 Å². The van der Waals surface area contributed by atoms with Crippen LogP contribution in [0, 0.1) is 5.92 Å². The van der Waals surface area contributed by atoms with Crippen LogP contribution in [0.3, 0.4) is 0 Å². The van der Waals surface area contributed by atoms with Gasteiger partial charge in [-0.1, -0.05) is 56.5 Å². The number of nitrogen functional groups attached to an aromatic ring is 1. The number of nitrogens with zero attached hydrogens (tertiary/aromatic N) is 2. The van der Waals surface area contributed by atoms with Gasteiger partial charge in [0.2, 0.25) is 5.91 Å². The van der Waals surface area contributed by atoms with Crippen LogP contribution in [0.5, 0.6) is 0 Å². The van der Waals surface area contributed by atoms with Gasteiger partial charge in [-0.25, -0.2) is 4.79 Å². The molecular formula is C21H28Cl2N4O3. The minimum Gasteiger partial charge on any atom is -0.383 e. The van der Waals surface area contributed by atoms with Gasteiger partial charge in [0.15, 0.2) is 5.69 Å². The van der Waals surface area contributed by atoms with Crippen molar-refractivity contribution in [1.82, 2.24) is 9.55 Å². The van der Waals surface area contributed by atoms with E-state index in [1.165, 1.54) is 9.47 Å². The van der Waals surface area contributed by atoms with E-state index in [1.54, 1.807) is 18.2 Å². The van der Waals surface area contributed by atoms with Crippen LogP contribution < -0.4 is 21.9 Å². The standard InChI is InChI=1S/C21H28Cl2N4O3/c1-4-5-9-27-19(24)18(20(29)25-21(27)30)26(10-8-13(2)3)17(28)12-14-6-7-15(22)16(23)11-14/h6-7,11,13H,4-5,8-10,12,24H2,1-3H3,(H,25,29,30). The van der Waals surface area contributed by atoms with Gasteiger partial charge in [-0.3, -0.25) is 19.1 Å². The van der Waals surface area contributed by atoms with Gasteiger partial charge in [-0.05, 0) is 36.5 Å². The highest BCUT2D eigenvalue weighted by atomic mass is 35.5. The van der Waals surface area contributed by atoms with E-state index in [0.29, 0.717) is 41.0 Å². The van der Waals surface area contributed by atoms with E-state index in [9.17, 15) is 14.4 Å². The number of carbonyl (C=O) groups is 1. The smallest absolute Gasteiger partial charge is 0.330 e. The minimum absolute atomic E-state index is 0.00319. The lowest BCUT2D eigenvalue weighted by atomic mass is 10.1. The predicted octanol–water partition coefficient (Wildman–Crippen LogP) is 3.85. The number of benzene rings is 1. The molecule has 1 aromatic carbocycles. The van der Waals surface area contributed by atoms with Crippen molar-refractivity contribution < 1.29 is 4.79 Å². The molecule has 164 valence electrons. The Kier molecular flexibility index (Phi) is 8.55. The molecule has 0 spiro atoms. The lowest BCUT2D eigenvalue weighted by molar-refractivity contribution is -0.118. The zero-order valence-electron chi connectivity index (χ0n) is 17.5. The number of nitrogens with two attached hydrogens (primary N) is 1. The first-order valence-corrected chi connectivity index (χ1v) is 10.8. The summed E-state index contributed by atoms with van der Waals surface area (Å²) in [5, 5.41) is 0.745. The molecule has 3 N–H and O–H groups in total. The van der Waals surface area contributed by atoms with Crippen LogP contribution >= 0.6 is 23.2 Å². The van der Waals surface area contributed by atoms with E-state index in [-0.39, 0.29) is 23.8 Å². The van der Waals surface area contributed by atoms with Gasteiger partial charge in [-0.2, -0.15) is 0 Å². The van der Waals surface area contributed by atoms with Crippen molar-refractivity contribution in [3.05, 3.63) is 54.6 Å². The molecule has 1 amide bonds. The van der Waals surface area contributed by atoms with Crippen molar-refractivity contribution in [1.29, 1.82) is 0 Å². The third-order valence-electron chi connectivity index (χ3n) is 4.79. The van der Waals surface area contributed by atoms with Crippen molar-refractivity contribution in [2.24, 2.45) is 5.92 Å². The molecule has 1 heterocycles. The van der Waals surface area contributed by atoms with E-state index in [2.05, 4.69) is 4.98 Å². The predicted molar refractivity (Wildman–Crippen MR) is 123 cm³/mol. The lowest BCUT2D eigenvalue weighted by Gasteiger charge is -2.25. The normalized spacial score (nSPS) is 11.1. The summed E-state index contributed by atoms with van der Waals surface area (Å²) in [7, 11) is 0. The van der Waals surface area contributed by atoms with E-state index in [4.69, 9.17) is 28.9 Å². The molecule has 2 aromatic rings. The maximum Gasteiger partial charge on any atom is 0.330 e. The summed E-state index contributed by atoms with van der Waals surface area (Å²) in [4.78, 5) is 41.7. The van der Waals surface area contributed by atoms with Crippen molar-refractivity contribution in [2.75, 3.05) is 17.2 Å². The third kappa shape index (κ3) is 5.89. The first kappa shape index (κ1) is 24.0. The molecule has 2 rings (SSSR count). The van der Waals surface area contributed by atoms with Crippen molar-refractivity contribution in [2.45, 2.75) is 53.0 Å². The topological polar surface area (TPSA) is 101 Å². The molecule has 0 aliphatic rings. The average molecular weight is 455 g/mol. The Balaban J connectivity index is 2.47. The molecule has 7 nitrogen and oxygen atoms in total. The van der Waals surface area contributed by atoms with E-state index in [0.717, 1.165) is 12.8 Å². The minimum atomic E-state index is -0.670. The fraction of sp³-hybridized carbons (Fsp3) is 0.476. The fourth-order valence-electron chi connectivity index (χ4n) is 3.04. The first-order valence-electron chi connectivity index (χ1n) is 10.0. The van der Waals surface area contributed by atoms with Gasteiger partial charge in [0, 0.05) is 13.1 Å². The van der Waals surface area contributed by atoms with E-state index >= 15 is 0 Å². The number of rotatable bonds is 9. The number of H-pyrrole nitrogens is 1. The second-order valence-electron chi connectivity index (χ2n) is 7.65. The molecule has 0 saturated heterocycles. The quantitative estimate of drug-likeness (QED) is 0.600. The molecule has 0 bridgehead atoms. The van der Waals surface area contributed by atoms with Gasteiger partial charge >= 0.3 is 5.69 Å². The molecule has 0 atom stereocenters. The number of anilines is 2. The summed E-state index contributed by atoms with van der Waals surface area (Å²) in [6.45, 7) is 6.71. The molecule has 30 heavy (non-hydrogen) atoms. The van der Waals surface area contributed by atoms with Gasteiger partial charge in [0.25, 0.3) is 5.56 Å². The Labute approximate surface area is 185 Å². The third-order valence-corrected chi connectivity index (χ3v) is 5.53. The summed E-state index contributed by atoms with van der Waals surface area (Å²) in [5.74, 6) is -0.00745. The monoisotopic (exact) mass is 454 g/mol. The number of carbonyl (C=O) groups excluding carboxylic acids is 1.